The summed E-state index contributed by atoms with van der Waals surface area (Å²) in [5, 5.41) is 8.52. The molecule has 33 heavy (non-hydrogen) atoms. The number of halogens is 1. The summed E-state index contributed by atoms with van der Waals surface area (Å²) in [6.07, 6.45) is 0. The quantitative estimate of drug-likeness (QED) is 0.467. The number of benzene rings is 3. The number of amides is 4. The minimum Gasteiger partial charge on any atom is -0.329 e. The zero-order chi connectivity index (χ0) is 23.8. The Balaban J connectivity index is 1.69. The van der Waals surface area contributed by atoms with Crippen molar-refractivity contribution in [2.24, 2.45) is 0 Å². The van der Waals surface area contributed by atoms with Crippen molar-refractivity contribution in [1.29, 1.82) is 0 Å². The van der Waals surface area contributed by atoms with Crippen LogP contribution in [0.4, 0.5) is 21.9 Å². The van der Waals surface area contributed by atoms with E-state index in [0.717, 1.165) is 5.56 Å². The number of rotatable bonds is 7. The van der Waals surface area contributed by atoms with Gasteiger partial charge in [-0.05, 0) is 61.9 Å². The molecule has 3 N–H and O–H groups in total. The van der Waals surface area contributed by atoms with Crippen LogP contribution in [0.15, 0.2) is 78.9 Å². The maximum Gasteiger partial charge on any atom is 0.319 e. The van der Waals surface area contributed by atoms with Gasteiger partial charge in [0.15, 0.2) is 0 Å². The standard InChI is InChI=1S/C25H25ClN4O3/c1-17-8-6-10-20(14-17)29-25(33)27-16-23(31)30(22-12-4-3-5-13-22)18(2)24(32)28-21-11-7-9-19(26)15-21/h3-15,18H,16H2,1-2H3,(H,28,32)(H2,27,29,33). The summed E-state index contributed by atoms with van der Waals surface area (Å²) >= 11 is 5.99. The number of carbonyl (C=O) groups is 3. The fourth-order valence-electron chi connectivity index (χ4n) is 3.24. The summed E-state index contributed by atoms with van der Waals surface area (Å²) in [5.74, 6) is -0.826. The smallest absolute Gasteiger partial charge is 0.319 e. The zero-order valence-electron chi connectivity index (χ0n) is 18.3. The van der Waals surface area contributed by atoms with Crippen LogP contribution < -0.4 is 20.9 Å². The van der Waals surface area contributed by atoms with E-state index in [0.29, 0.717) is 22.1 Å². The van der Waals surface area contributed by atoms with Crippen LogP contribution in [0.3, 0.4) is 0 Å². The Morgan fingerprint density at radius 2 is 1.55 bits per heavy atom. The summed E-state index contributed by atoms with van der Waals surface area (Å²) in [5.41, 5.74) is 2.68. The second kappa shape index (κ2) is 11.2. The molecule has 170 valence electrons. The number of nitrogens with zero attached hydrogens (tertiary/aromatic N) is 1. The van der Waals surface area contributed by atoms with Crippen molar-refractivity contribution < 1.29 is 14.4 Å². The molecule has 0 aromatic heterocycles. The molecular weight excluding hydrogens is 440 g/mol. The van der Waals surface area contributed by atoms with Crippen LogP contribution in [-0.2, 0) is 9.59 Å². The topological polar surface area (TPSA) is 90.5 Å². The summed E-state index contributed by atoms with van der Waals surface area (Å²) < 4.78 is 0. The van der Waals surface area contributed by atoms with Gasteiger partial charge < -0.3 is 16.0 Å². The van der Waals surface area contributed by atoms with Crippen LogP contribution in [0.2, 0.25) is 5.02 Å². The lowest BCUT2D eigenvalue weighted by Gasteiger charge is -2.28. The maximum atomic E-state index is 13.1. The van der Waals surface area contributed by atoms with Crippen molar-refractivity contribution in [2.75, 3.05) is 22.1 Å². The highest BCUT2D eigenvalue weighted by molar-refractivity contribution is 6.30. The van der Waals surface area contributed by atoms with Gasteiger partial charge in [-0.3, -0.25) is 14.5 Å². The second-order valence-corrected chi connectivity index (χ2v) is 7.89. The van der Waals surface area contributed by atoms with E-state index in [2.05, 4.69) is 16.0 Å². The third-order valence-electron chi connectivity index (χ3n) is 4.84. The fraction of sp³-hybridized carbons (Fsp3) is 0.160. The van der Waals surface area contributed by atoms with Crippen molar-refractivity contribution >= 4 is 46.5 Å². The number of hydrogen-bond donors (Lipinski definition) is 3. The monoisotopic (exact) mass is 464 g/mol. The van der Waals surface area contributed by atoms with Crippen molar-refractivity contribution in [3.8, 4) is 0 Å². The predicted octanol–water partition coefficient (Wildman–Crippen LogP) is 4.83. The number of hydrogen-bond acceptors (Lipinski definition) is 3. The molecule has 3 aromatic rings. The first-order valence-corrected chi connectivity index (χ1v) is 10.8. The van der Waals surface area contributed by atoms with Gasteiger partial charge in [0.05, 0.1) is 6.54 Å². The minimum absolute atomic E-state index is 0.290. The molecule has 0 bridgehead atoms. The van der Waals surface area contributed by atoms with Crippen molar-refractivity contribution in [2.45, 2.75) is 19.9 Å². The number of urea groups is 1. The Labute approximate surface area is 197 Å². The van der Waals surface area contributed by atoms with Crippen LogP contribution in [-0.4, -0.2) is 30.4 Å². The fourth-order valence-corrected chi connectivity index (χ4v) is 3.43. The number of carbonyl (C=O) groups excluding carboxylic acids is 3. The van der Waals surface area contributed by atoms with Crippen molar-refractivity contribution in [1.82, 2.24) is 5.32 Å². The average Bonchev–Trinajstić information content (AvgIpc) is 2.78. The van der Waals surface area contributed by atoms with E-state index >= 15 is 0 Å². The zero-order valence-corrected chi connectivity index (χ0v) is 19.1. The SMILES string of the molecule is Cc1cccc(NC(=O)NCC(=O)N(c2ccccc2)C(C)C(=O)Nc2cccc(Cl)c2)c1. The summed E-state index contributed by atoms with van der Waals surface area (Å²) in [7, 11) is 0. The van der Waals surface area contributed by atoms with E-state index in [1.807, 2.05) is 31.2 Å². The highest BCUT2D eigenvalue weighted by atomic mass is 35.5. The largest absolute Gasteiger partial charge is 0.329 e. The summed E-state index contributed by atoms with van der Waals surface area (Å²) in [6, 6.07) is 21.5. The highest BCUT2D eigenvalue weighted by Crippen LogP contribution is 2.20. The molecule has 8 heteroatoms. The van der Waals surface area contributed by atoms with Crippen LogP contribution in [0.25, 0.3) is 0 Å². The van der Waals surface area contributed by atoms with E-state index in [1.165, 1.54) is 4.90 Å². The predicted molar refractivity (Wildman–Crippen MR) is 132 cm³/mol. The number of nitrogens with one attached hydrogen (secondary N) is 3. The minimum atomic E-state index is -0.847. The molecule has 0 radical (unpaired) electrons. The summed E-state index contributed by atoms with van der Waals surface area (Å²) in [6.45, 7) is 3.25. The first-order chi connectivity index (χ1) is 15.8. The highest BCUT2D eigenvalue weighted by Gasteiger charge is 2.27. The van der Waals surface area contributed by atoms with Crippen molar-refractivity contribution in [3.63, 3.8) is 0 Å². The van der Waals surface area contributed by atoms with Gasteiger partial charge in [0, 0.05) is 22.1 Å². The van der Waals surface area contributed by atoms with Gasteiger partial charge in [-0.1, -0.05) is 48.0 Å². The van der Waals surface area contributed by atoms with Gasteiger partial charge in [0.1, 0.15) is 6.04 Å². The molecule has 0 aliphatic heterocycles. The Morgan fingerprint density at radius 1 is 0.879 bits per heavy atom. The lowest BCUT2D eigenvalue weighted by Crippen LogP contribution is -2.50. The van der Waals surface area contributed by atoms with Crippen molar-refractivity contribution in [3.05, 3.63) is 89.4 Å². The van der Waals surface area contributed by atoms with E-state index < -0.39 is 23.9 Å². The molecule has 0 fully saturated rings. The van der Waals surface area contributed by atoms with Crippen LogP contribution in [0, 0.1) is 6.92 Å². The van der Waals surface area contributed by atoms with E-state index in [9.17, 15) is 14.4 Å². The molecule has 7 nitrogen and oxygen atoms in total. The van der Waals surface area contributed by atoms with Crippen LogP contribution in [0.1, 0.15) is 12.5 Å². The van der Waals surface area contributed by atoms with E-state index in [1.54, 1.807) is 61.5 Å². The third-order valence-corrected chi connectivity index (χ3v) is 5.07. The Morgan fingerprint density at radius 3 is 2.21 bits per heavy atom. The first-order valence-electron chi connectivity index (χ1n) is 10.4. The average molecular weight is 465 g/mol. The third kappa shape index (κ3) is 6.82. The molecular formula is C25H25ClN4O3. The lowest BCUT2D eigenvalue weighted by molar-refractivity contribution is -0.122. The maximum absolute atomic E-state index is 13.1. The van der Waals surface area contributed by atoms with Gasteiger partial charge in [-0.15, -0.1) is 0 Å². The second-order valence-electron chi connectivity index (χ2n) is 7.45. The molecule has 0 heterocycles. The molecule has 0 spiro atoms. The van der Waals surface area contributed by atoms with Gasteiger partial charge in [-0.2, -0.15) is 0 Å². The Hall–Kier alpha value is -3.84. The number of para-hydroxylation sites is 1. The molecule has 3 rings (SSSR count). The van der Waals surface area contributed by atoms with E-state index in [4.69, 9.17) is 11.6 Å². The normalized spacial score (nSPS) is 11.2. The molecule has 0 saturated heterocycles. The Bertz CT molecular complexity index is 1140. The van der Waals surface area contributed by atoms with Gasteiger partial charge in [-0.25, -0.2) is 4.79 Å². The Kier molecular flexibility index (Phi) is 8.05. The first kappa shape index (κ1) is 23.8. The molecule has 4 amide bonds. The molecule has 1 atom stereocenters. The van der Waals surface area contributed by atoms with Gasteiger partial charge in [0.25, 0.3) is 0 Å². The van der Waals surface area contributed by atoms with Crippen LogP contribution in [0.5, 0.6) is 0 Å². The van der Waals surface area contributed by atoms with Crippen LogP contribution >= 0.6 is 11.6 Å². The lowest BCUT2D eigenvalue weighted by atomic mass is 10.2. The van der Waals surface area contributed by atoms with Gasteiger partial charge >= 0.3 is 6.03 Å². The molecule has 0 aliphatic rings. The number of anilines is 3. The van der Waals surface area contributed by atoms with Gasteiger partial charge in [0.2, 0.25) is 11.8 Å². The molecule has 0 saturated carbocycles. The number of aryl methyl sites for hydroxylation is 1. The molecule has 0 aliphatic carbocycles. The molecule has 1 unspecified atom stereocenters. The molecule has 3 aromatic carbocycles. The van der Waals surface area contributed by atoms with E-state index in [-0.39, 0.29) is 6.54 Å². The summed E-state index contributed by atoms with van der Waals surface area (Å²) in [4.78, 5) is 39.6.